The molecule has 0 aliphatic rings. The summed E-state index contributed by atoms with van der Waals surface area (Å²) >= 11 is 7.31. The van der Waals surface area contributed by atoms with Crippen molar-refractivity contribution in [2.75, 3.05) is 0 Å². The summed E-state index contributed by atoms with van der Waals surface area (Å²) in [6, 6.07) is 7.05. The fourth-order valence-electron chi connectivity index (χ4n) is 1.15. The molecule has 0 amide bonds. The van der Waals surface area contributed by atoms with Crippen LogP contribution < -0.4 is 0 Å². The van der Waals surface area contributed by atoms with Gasteiger partial charge in [0.1, 0.15) is 11.8 Å². The largest absolute Gasteiger partial charge is 0.456 e. The van der Waals surface area contributed by atoms with Crippen molar-refractivity contribution in [3.63, 3.8) is 0 Å². The van der Waals surface area contributed by atoms with Crippen LogP contribution >= 0.6 is 22.9 Å². The van der Waals surface area contributed by atoms with E-state index in [4.69, 9.17) is 16.3 Å². The minimum Gasteiger partial charge on any atom is -0.456 e. The van der Waals surface area contributed by atoms with Gasteiger partial charge in [-0.3, -0.25) is 0 Å². The third kappa shape index (κ3) is 2.59. The number of nitrogens with zero attached hydrogens (tertiary/aromatic N) is 1. The molecule has 3 nitrogen and oxygen atoms in total. The van der Waals surface area contributed by atoms with Crippen LogP contribution in [0.1, 0.15) is 15.2 Å². The average molecular weight is 254 g/mol. The van der Waals surface area contributed by atoms with Crippen molar-refractivity contribution in [2.45, 2.75) is 6.61 Å². The molecule has 0 N–H and O–H groups in total. The van der Waals surface area contributed by atoms with Crippen LogP contribution in [0.25, 0.3) is 0 Å². The first-order valence-corrected chi connectivity index (χ1v) is 5.83. The maximum atomic E-state index is 11.6. The zero-order valence-electron chi connectivity index (χ0n) is 8.22. The van der Waals surface area contributed by atoms with Crippen molar-refractivity contribution in [3.05, 3.63) is 51.4 Å². The maximum Gasteiger partial charge on any atom is 0.341 e. The number of pyridine rings is 1. The molecule has 82 valence electrons. The van der Waals surface area contributed by atoms with Crippen LogP contribution in [0.4, 0.5) is 0 Å². The number of carbonyl (C=O) groups is 1. The third-order valence-corrected chi connectivity index (χ3v) is 3.06. The second-order valence-corrected chi connectivity index (χ2v) is 4.39. The lowest BCUT2D eigenvalue weighted by Gasteiger charge is -2.03. The molecular formula is C11H8ClNO2S. The van der Waals surface area contributed by atoms with E-state index in [0.717, 1.165) is 4.88 Å². The molecule has 0 fully saturated rings. The number of esters is 1. The highest BCUT2D eigenvalue weighted by molar-refractivity contribution is 7.09. The van der Waals surface area contributed by atoms with Gasteiger partial charge in [-0.2, -0.15) is 0 Å². The summed E-state index contributed by atoms with van der Waals surface area (Å²) in [6.45, 7) is 0.266. The Labute approximate surface area is 102 Å². The fraction of sp³-hybridized carbons (Fsp3) is 0.0909. The second-order valence-electron chi connectivity index (χ2n) is 3.00. The maximum absolute atomic E-state index is 11.6. The van der Waals surface area contributed by atoms with Gasteiger partial charge in [0.05, 0.1) is 5.56 Å². The minimum atomic E-state index is -0.452. The van der Waals surface area contributed by atoms with Crippen molar-refractivity contribution < 1.29 is 9.53 Å². The first kappa shape index (κ1) is 11.1. The van der Waals surface area contributed by atoms with E-state index in [-0.39, 0.29) is 11.8 Å². The number of rotatable bonds is 3. The van der Waals surface area contributed by atoms with E-state index < -0.39 is 5.97 Å². The standard InChI is InChI=1S/C11H8ClNO2S/c12-10-9(4-1-5-13-10)11(14)15-7-8-3-2-6-16-8/h1-6H,7H2. The molecule has 16 heavy (non-hydrogen) atoms. The van der Waals surface area contributed by atoms with Gasteiger partial charge < -0.3 is 4.74 Å². The number of hydrogen-bond donors (Lipinski definition) is 0. The number of halogens is 1. The lowest BCUT2D eigenvalue weighted by molar-refractivity contribution is 0.0476. The van der Waals surface area contributed by atoms with Gasteiger partial charge in [-0.15, -0.1) is 11.3 Å². The molecular weight excluding hydrogens is 246 g/mol. The lowest BCUT2D eigenvalue weighted by Crippen LogP contribution is -2.05. The van der Waals surface area contributed by atoms with E-state index in [0.29, 0.717) is 5.56 Å². The molecule has 0 spiro atoms. The fourth-order valence-corrected chi connectivity index (χ4v) is 1.96. The van der Waals surface area contributed by atoms with Gasteiger partial charge in [0, 0.05) is 11.1 Å². The molecule has 5 heteroatoms. The summed E-state index contributed by atoms with van der Waals surface area (Å²) in [5, 5.41) is 2.10. The number of ether oxygens (including phenoxy) is 1. The molecule has 0 aliphatic carbocycles. The van der Waals surface area contributed by atoms with Crippen LogP contribution in [-0.2, 0) is 11.3 Å². The van der Waals surface area contributed by atoms with Gasteiger partial charge in [0.25, 0.3) is 0 Å². The molecule has 0 aromatic carbocycles. The number of aromatic nitrogens is 1. The van der Waals surface area contributed by atoms with Crippen molar-refractivity contribution in [1.82, 2.24) is 4.98 Å². The molecule has 0 atom stereocenters. The van der Waals surface area contributed by atoms with E-state index in [2.05, 4.69) is 4.98 Å². The summed E-state index contributed by atoms with van der Waals surface area (Å²) in [7, 11) is 0. The molecule has 0 aliphatic heterocycles. The Hall–Kier alpha value is -1.39. The zero-order chi connectivity index (χ0) is 11.4. The molecule has 0 saturated carbocycles. The normalized spacial score (nSPS) is 10.1. The first-order valence-electron chi connectivity index (χ1n) is 4.57. The Kier molecular flexibility index (Phi) is 3.54. The first-order chi connectivity index (χ1) is 7.77. The highest BCUT2D eigenvalue weighted by atomic mass is 35.5. The highest BCUT2D eigenvalue weighted by Crippen LogP contribution is 2.15. The van der Waals surface area contributed by atoms with Gasteiger partial charge in [0.15, 0.2) is 0 Å². The van der Waals surface area contributed by atoms with Crippen molar-refractivity contribution in [1.29, 1.82) is 0 Å². The molecule has 2 rings (SSSR count). The van der Waals surface area contributed by atoms with Crippen LogP contribution in [0, 0.1) is 0 Å². The smallest absolute Gasteiger partial charge is 0.341 e. The van der Waals surface area contributed by atoms with Crippen LogP contribution in [0.5, 0.6) is 0 Å². The van der Waals surface area contributed by atoms with E-state index in [9.17, 15) is 4.79 Å². The Morgan fingerprint density at radius 3 is 3.00 bits per heavy atom. The van der Waals surface area contributed by atoms with Gasteiger partial charge in [0.2, 0.25) is 0 Å². The highest BCUT2D eigenvalue weighted by Gasteiger charge is 2.12. The summed E-state index contributed by atoms with van der Waals surface area (Å²) in [5.41, 5.74) is 0.292. The molecule has 0 radical (unpaired) electrons. The summed E-state index contributed by atoms with van der Waals surface area (Å²) in [4.78, 5) is 16.4. The van der Waals surface area contributed by atoms with Crippen LogP contribution in [-0.4, -0.2) is 11.0 Å². The third-order valence-electron chi connectivity index (χ3n) is 1.90. The van der Waals surface area contributed by atoms with E-state index in [1.807, 2.05) is 17.5 Å². The van der Waals surface area contributed by atoms with Crippen LogP contribution in [0.2, 0.25) is 5.15 Å². The Morgan fingerprint density at radius 2 is 2.31 bits per heavy atom. The Balaban J connectivity index is 2.01. The molecule has 2 aromatic heterocycles. The summed E-state index contributed by atoms with van der Waals surface area (Å²) < 4.78 is 5.10. The number of hydrogen-bond acceptors (Lipinski definition) is 4. The summed E-state index contributed by atoms with van der Waals surface area (Å²) in [6.07, 6.45) is 1.53. The average Bonchev–Trinajstić information content (AvgIpc) is 2.79. The molecule has 0 unspecified atom stereocenters. The van der Waals surface area contributed by atoms with Gasteiger partial charge in [-0.05, 0) is 23.6 Å². The zero-order valence-corrected chi connectivity index (χ0v) is 9.79. The summed E-state index contributed by atoms with van der Waals surface area (Å²) in [5.74, 6) is -0.452. The van der Waals surface area contributed by atoms with Crippen LogP contribution in [0.3, 0.4) is 0 Å². The minimum absolute atomic E-state index is 0.165. The van der Waals surface area contributed by atoms with E-state index in [1.54, 1.807) is 12.1 Å². The monoisotopic (exact) mass is 253 g/mol. The molecule has 0 saturated heterocycles. The molecule has 0 bridgehead atoms. The Bertz CT molecular complexity index is 484. The van der Waals surface area contributed by atoms with Gasteiger partial charge >= 0.3 is 5.97 Å². The quantitative estimate of drug-likeness (QED) is 0.623. The van der Waals surface area contributed by atoms with Crippen molar-refractivity contribution in [2.24, 2.45) is 0 Å². The predicted molar refractivity (Wildman–Crippen MR) is 62.7 cm³/mol. The van der Waals surface area contributed by atoms with E-state index in [1.165, 1.54) is 17.5 Å². The second kappa shape index (κ2) is 5.09. The SMILES string of the molecule is O=C(OCc1cccs1)c1cccnc1Cl. The van der Waals surface area contributed by atoms with Gasteiger partial charge in [-0.1, -0.05) is 17.7 Å². The molecule has 2 heterocycles. The van der Waals surface area contributed by atoms with Gasteiger partial charge in [-0.25, -0.2) is 9.78 Å². The number of carbonyl (C=O) groups excluding carboxylic acids is 1. The predicted octanol–water partition coefficient (Wildman–Crippen LogP) is 3.15. The van der Waals surface area contributed by atoms with Crippen LogP contribution in [0.15, 0.2) is 35.8 Å². The van der Waals surface area contributed by atoms with Crippen molar-refractivity contribution >= 4 is 28.9 Å². The topological polar surface area (TPSA) is 39.2 Å². The van der Waals surface area contributed by atoms with E-state index >= 15 is 0 Å². The lowest BCUT2D eigenvalue weighted by atomic mass is 10.3. The number of thiophene rings is 1. The van der Waals surface area contributed by atoms with Crippen molar-refractivity contribution in [3.8, 4) is 0 Å². The Morgan fingerprint density at radius 1 is 1.44 bits per heavy atom. The molecule has 2 aromatic rings.